The molecule has 0 amide bonds. The van der Waals surface area contributed by atoms with E-state index in [2.05, 4.69) is 0 Å². The molecule has 0 radical (unpaired) electrons. The van der Waals surface area contributed by atoms with Gasteiger partial charge in [0.25, 0.3) is 0 Å². The van der Waals surface area contributed by atoms with Crippen molar-refractivity contribution in [3.8, 4) is 11.5 Å². The van der Waals surface area contributed by atoms with Crippen LogP contribution in [-0.2, 0) is 14.6 Å². The van der Waals surface area contributed by atoms with Crippen molar-refractivity contribution in [2.45, 2.75) is 0 Å². The second-order valence-electron chi connectivity index (χ2n) is 6.29. The lowest BCUT2D eigenvalue weighted by molar-refractivity contribution is -0.385. The number of hydrogen-bond donors (Lipinski definition) is 0. The van der Waals surface area contributed by atoms with Crippen LogP contribution in [0.5, 0.6) is 11.5 Å². The summed E-state index contributed by atoms with van der Waals surface area (Å²) in [5, 5.41) is 22.9. The molecule has 12 heteroatoms. The van der Waals surface area contributed by atoms with Crippen LogP contribution in [0.1, 0.15) is 11.1 Å². The lowest BCUT2D eigenvalue weighted by Crippen LogP contribution is -2.11. The van der Waals surface area contributed by atoms with Crippen molar-refractivity contribution >= 4 is 39.1 Å². The van der Waals surface area contributed by atoms with Gasteiger partial charge in [0.1, 0.15) is 5.75 Å². The lowest BCUT2D eigenvalue weighted by Gasteiger charge is -2.02. The van der Waals surface area contributed by atoms with Crippen molar-refractivity contribution in [3.05, 3.63) is 79.2 Å². The lowest BCUT2D eigenvalue weighted by atomic mass is 10.1. The summed E-state index contributed by atoms with van der Waals surface area (Å²) in [6, 6.07) is 7.91. The Balaban J connectivity index is 2.13. The van der Waals surface area contributed by atoms with Gasteiger partial charge in [-0.05, 0) is 35.4 Å². The molecule has 2 aromatic carbocycles. The first kappa shape index (κ1) is 24.2. The summed E-state index contributed by atoms with van der Waals surface area (Å²) in [5.74, 6) is -1.54. The van der Waals surface area contributed by atoms with Crippen molar-refractivity contribution in [3.63, 3.8) is 0 Å². The number of ketones is 1. The van der Waals surface area contributed by atoms with Gasteiger partial charge in [-0.1, -0.05) is 18.2 Å². The summed E-state index contributed by atoms with van der Waals surface area (Å²) in [6.45, 7) is 0. The zero-order chi connectivity index (χ0) is 23.9. The zero-order valence-corrected chi connectivity index (χ0v) is 17.8. The van der Waals surface area contributed by atoms with Crippen molar-refractivity contribution in [1.82, 2.24) is 0 Å². The molecule has 0 aliphatic rings. The van der Waals surface area contributed by atoms with E-state index in [9.17, 15) is 33.4 Å². The maximum absolute atomic E-state index is 12.2. The smallest absolute Gasteiger partial charge is 0.311 e. The quantitative estimate of drug-likeness (QED) is 0.294. The summed E-state index contributed by atoms with van der Waals surface area (Å²) in [7, 11) is -1.42. The highest BCUT2D eigenvalue weighted by Crippen LogP contribution is 2.29. The maximum Gasteiger partial charge on any atom is 0.311 e. The van der Waals surface area contributed by atoms with E-state index >= 15 is 0 Å². The molecule has 0 atom stereocenters. The van der Waals surface area contributed by atoms with E-state index in [-0.39, 0.29) is 28.4 Å². The Bertz CT molecular complexity index is 1220. The summed E-state index contributed by atoms with van der Waals surface area (Å²) in [5.41, 5.74) is -0.0928. The molecule has 0 saturated heterocycles. The van der Waals surface area contributed by atoms with Crippen molar-refractivity contribution in [1.29, 1.82) is 0 Å². The number of methoxy groups -OCH3 is 2. The predicted molar refractivity (Wildman–Crippen MR) is 116 cm³/mol. The molecule has 32 heavy (non-hydrogen) atoms. The third-order valence-electron chi connectivity index (χ3n) is 4.07. The molecule has 2 aromatic rings. The van der Waals surface area contributed by atoms with Gasteiger partial charge >= 0.3 is 11.4 Å². The van der Waals surface area contributed by atoms with Crippen LogP contribution in [-0.4, -0.2) is 44.0 Å². The van der Waals surface area contributed by atoms with E-state index in [0.717, 1.165) is 23.6 Å². The summed E-state index contributed by atoms with van der Waals surface area (Å²) in [4.78, 5) is 32.8. The minimum atomic E-state index is -3.98. The number of hydrogen-bond acceptors (Lipinski definition) is 9. The van der Waals surface area contributed by atoms with Crippen LogP contribution in [0.15, 0.2) is 47.9 Å². The molecule has 168 valence electrons. The largest absolute Gasteiger partial charge is 0.490 e. The van der Waals surface area contributed by atoms with Crippen LogP contribution in [0.25, 0.3) is 12.2 Å². The van der Waals surface area contributed by atoms with Gasteiger partial charge in [0.15, 0.2) is 27.1 Å². The van der Waals surface area contributed by atoms with E-state index in [1.807, 2.05) is 0 Å². The first-order valence-electron chi connectivity index (χ1n) is 8.83. The first-order chi connectivity index (χ1) is 15.1. The van der Waals surface area contributed by atoms with Crippen LogP contribution >= 0.6 is 0 Å². The Labute approximate surface area is 182 Å². The minimum absolute atomic E-state index is 0.0223. The van der Waals surface area contributed by atoms with Gasteiger partial charge in [-0.2, -0.15) is 0 Å². The van der Waals surface area contributed by atoms with Crippen LogP contribution in [0, 0.1) is 20.2 Å². The average molecular weight is 462 g/mol. The van der Waals surface area contributed by atoms with Crippen LogP contribution in [0.2, 0.25) is 0 Å². The number of carbonyl (C=O) groups excluding carboxylic acids is 1. The highest BCUT2D eigenvalue weighted by Gasteiger charge is 2.16. The Kier molecular flexibility index (Phi) is 7.80. The predicted octanol–water partition coefficient (Wildman–Crippen LogP) is 3.19. The number of rotatable bonds is 10. The van der Waals surface area contributed by atoms with Crippen LogP contribution in [0.4, 0.5) is 11.4 Å². The molecular weight excluding hydrogens is 444 g/mol. The van der Waals surface area contributed by atoms with Crippen molar-refractivity contribution < 1.29 is 32.5 Å². The third-order valence-corrected chi connectivity index (χ3v) is 5.31. The van der Waals surface area contributed by atoms with Crippen molar-refractivity contribution in [2.75, 3.05) is 20.0 Å². The highest BCUT2D eigenvalue weighted by atomic mass is 32.2. The number of nitro benzene ring substituents is 2. The van der Waals surface area contributed by atoms with Crippen LogP contribution < -0.4 is 9.47 Å². The fourth-order valence-electron chi connectivity index (χ4n) is 2.57. The SMILES string of the molecule is COc1ccc(C=CS(=O)(=O)CC(=O)/C=C/c2ccc(OC)c([N+](=O)[O-])c2)cc1[N+](=O)[O-]. The molecular formula is C20H18N2O9S. The van der Waals surface area contributed by atoms with E-state index in [1.54, 1.807) is 0 Å². The molecule has 0 fully saturated rings. The fourth-order valence-corrected chi connectivity index (χ4v) is 3.53. The Morgan fingerprint density at radius 3 is 1.81 bits per heavy atom. The molecule has 0 heterocycles. The standard InChI is InChI=1S/C20H18N2O9S/c1-30-19-7-4-14(11-17(19)21(24)25)3-6-16(23)13-32(28,29)10-9-15-5-8-20(31-2)18(12-15)22(26)27/h3-12H,13H2,1-2H3/b6-3+,10-9?. The number of benzene rings is 2. The molecule has 0 spiro atoms. The molecule has 0 aliphatic heterocycles. The number of nitrogens with zero attached hydrogens (tertiary/aromatic N) is 2. The molecule has 2 rings (SSSR count). The zero-order valence-electron chi connectivity index (χ0n) is 17.0. The summed E-state index contributed by atoms with van der Waals surface area (Å²) >= 11 is 0. The monoisotopic (exact) mass is 462 g/mol. The van der Waals surface area contributed by atoms with Gasteiger partial charge in [-0.3, -0.25) is 25.0 Å². The number of sulfone groups is 1. The van der Waals surface area contributed by atoms with Gasteiger partial charge in [-0.15, -0.1) is 0 Å². The first-order valence-corrected chi connectivity index (χ1v) is 10.5. The van der Waals surface area contributed by atoms with E-state index in [4.69, 9.17) is 9.47 Å². The Morgan fingerprint density at radius 2 is 1.38 bits per heavy atom. The number of ether oxygens (including phenoxy) is 2. The van der Waals surface area contributed by atoms with E-state index < -0.39 is 31.2 Å². The van der Waals surface area contributed by atoms with Gasteiger partial charge in [0.05, 0.1) is 24.1 Å². The second-order valence-corrected chi connectivity index (χ2v) is 8.17. The molecule has 11 nitrogen and oxygen atoms in total. The number of carbonyl (C=O) groups is 1. The number of allylic oxidation sites excluding steroid dienone is 1. The summed E-state index contributed by atoms with van der Waals surface area (Å²) < 4.78 is 34.1. The van der Waals surface area contributed by atoms with Gasteiger partial charge in [-0.25, -0.2) is 8.42 Å². The maximum atomic E-state index is 12.2. The summed E-state index contributed by atoms with van der Waals surface area (Å²) in [6.07, 6.45) is 3.38. The Hall–Kier alpha value is -4.06. The molecule has 0 aromatic heterocycles. The minimum Gasteiger partial charge on any atom is -0.490 e. The van der Waals surface area contributed by atoms with Gasteiger partial charge in [0, 0.05) is 17.5 Å². The topological polar surface area (TPSA) is 156 Å². The normalized spacial score (nSPS) is 11.6. The third kappa shape index (κ3) is 6.47. The second kappa shape index (κ2) is 10.3. The van der Waals surface area contributed by atoms with Gasteiger partial charge in [0.2, 0.25) is 0 Å². The van der Waals surface area contributed by atoms with E-state index in [1.165, 1.54) is 50.6 Å². The molecule has 0 N–H and O–H groups in total. The fraction of sp³-hybridized carbons (Fsp3) is 0.150. The molecule has 0 bridgehead atoms. The molecule has 0 aliphatic carbocycles. The highest BCUT2D eigenvalue weighted by molar-refractivity contribution is 7.95. The van der Waals surface area contributed by atoms with Crippen LogP contribution in [0.3, 0.4) is 0 Å². The average Bonchev–Trinajstić information content (AvgIpc) is 2.75. The molecule has 0 unspecified atom stereocenters. The van der Waals surface area contributed by atoms with Crippen molar-refractivity contribution in [2.24, 2.45) is 0 Å². The number of nitro groups is 2. The van der Waals surface area contributed by atoms with E-state index in [0.29, 0.717) is 5.56 Å². The molecule has 0 saturated carbocycles. The Morgan fingerprint density at radius 1 is 0.906 bits per heavy atom. The van der Waals surface area contributed by atoms with Gasteiger partial charge < -0.3 is 9.47 Å².